The Kier molecular flexibility index (Phi) is 5.69. The number of nitrogens with one attached hydrogen (secondary N) is 2. The Morgan fingerprint density at radius 1 is 1.25 bits per heavy atom. The van der Waals surface area contributed by atoms with Gasteiger partial charge >= 0.3 is 0 Å². The molecule has 2 N–H and O–H groups in total. The second-order valence-corrected chi connectivity index (χ2v) is 5.10. The lowest BCUT2D eigenvalue weighted by molar-refractivity contribution is 0.178. The first-order chi connectivity index (χ1) is 9.81. The van der Waals surface area contributed by atoms with Gasteiger partial charge in [0, 0.05) is 44.3 Å². The van der Waals surface area contributed by atoms with Gasteiger partial charge in [0.1, 0.15) is 18.2 Å². The highest BCUT2D eigenvalue weighted by Gasteiger charge is 2.04. The molecule has 0 aromatic carbocycles. The van der Waals surface area contributed by atoms with Crippen LogP contribution in [0.2, 0.25) is 0 Å². The summed E-state index contributed by atoms with van der Waals surface area (Å²) >= 11 is 1.66. The molecular weight excluding hydrogens is 274 g/mol. The molecular formula is C13H19N5OS. The van der Waals surface area contributed by atoms with Crippen LogP contribution >= 0.6 is 11.3 Å². The second kappa shape index (κ2) is 7.76. The Morgan fingerprint density at radius 2 is 2.05 bits per heavy atom. The molecule has 7 heteroatoms. The zero-order chi connectivity index (χ0) is 14.2. The van der Waals surface area contributed by atoms with Crippen molar-refractivity contribution in [3.05, 3.63) is 28.5 Å². The first kappa shape index (κ1) is 14.7. The topological polar surface area (TPSA) is 72.0 Å². The lowest BCUT2D eigenvalue weighted by Gasteiger charge is -2.10. The van der Waals surface area contributed by atoms with Crippen LogP contribution in [0.3, 0.4) is 0 Å². The van der Waals surface area contributed by atoms with Crippen molar-refractivity contribution < 1.29 is 4.74 Å². The van der Waals surface area contributed by atoms with E-state index in [1.165, 1.54) is 0 Å². The van der Waals surface area contributed by atoms with E-state index in [4.69, 9.17) is 4.74 Å². The molecule has 0 aliphatic carbocycles. The minimum Gasteiger partial charge on any atom is -0.377 e. The summed E-state index contributed by atoms with van der Waals surface area (Å²) in [6.45, 7) is 4.05. The van der Waals surface area contributed by atoms with Gasteiger partial charge in [-0.25, -0.2) is 15.0 Å². The summed E-state index contributed by atoms with van der Waals surface area (Å²) in [7, 11) is 1.64. The number of methoxy groups -OCH3 is 1. The van der Waals surface area contributed by atoms with Gasteiger partial charge in [0.2, 0.25) is 0 Å². The highest BCUT2D eigenvalue weighted by atomic mass is 32.1. The first-order valence-electron chi connectivity index (χ1n) is 6.54. The second-order valence-electron chi connectivity index (χ2n) is 4.12. The number of thiazole rings is 1. The third-order valence-corrected chi connectivity index (χ3v) is 3.37. The van der Waals surface area contributed by atoms with Crippen molar-refractivity contribution in [3.8, 4) is 0 Å². The van der Waals surface area contributed by atoms with E-state index in [0.29, 0.717) is 12.4 Å². The predicted octanol–water partition coefficient (Wildman–Crippen LogP) is 2.17. The zero-order valence-electron chi connectivity index (χ0n) is 11.7. The number of hydrogen-bond acceptors (Lipinski definition) is 7. The van der Waals surface area contributed by atoms with Crippen LogP contribution in [-0.2, 0) is 17.8 Å². The van der Waals surface area contributed by atoms with Gasteiger partial charge in [-0.3, -0.25) is 0 Å². The number of hydrogen-bond donors (Lipinski definition) is 2. The maximum absolute atomic E-state index is 5.09. The van der Waals surface area contributed by atoms with Gasteiger partial charge in [-0.2, -0.15) is 0 Å². The Labute approximate surface area is 122 Å². The Hall–Kier alpha value is -1.73. The third kappa shape index (κ3) is 4.43. The lowest BCUT2D eigenvalue weighted by atomic mass is 10.4. The summed E-state index contributed by atoms with van der Waals surface area (Å²) < 4.78 is 5.09. The molecule has 2 heterocycles. The van der Waals surface area contributed by atoms with Gasteiger partial charge in [0.05, 0.1) is 5.01 Å². The minimum absolute atomic E-state index is 0.403. The molecule has 0 unspecified atom stereocenters. The smallest absolute Gasteiger partial charge is 0.158 e. The number of anilines is 2. The standard InChI is InChI=1S/C13H19N5OS/c1-3-14-10-8-11(18-12(17-10)9-19-2)15-5-4-13-16-6-7-20-13/h6-8H,3-5,9H2,1-2H3,(H2,14,15,17,18). The van der Waals surface area contributed by atoms with Gasteiger partial charge in [-0.15, -0.1) is 11.3 Å². The summed E-state index contributed by atoms with van der Waals surface area (Å²) in [5.41, 5.74) is 0. The highest BCUT2D eigenvalue weighted by molar-refractivity contribution is 7.09. The molecule has 2 aromatic rings. The Morgan fingerprint density at radius 3 is 2.70 bits per heavy atom. The summed E-state index contributed by atoms with van der Waals surface area (Å²) in [6, 6.07) is 1.91. The van der Waals surface area contributed by atoms with E-state index in [1.807, 2.05) is 24.6 Å². The monoisotopic (exact) mass is 293 g/mol. The summed E-state index contributed by atoms with van der Waals surface area (Å²) in [5.74, 6) is 2.29. The van der Waals surface area contributed by atoms with Crippen LogP contribution in [0.5, 0.6) is 0 Å². The van der Waals surface area contributed by atoms with Crippen molar-refractivity contribution >= 4 is 23.0 Å². The molecule has 0 bridgehead atoms. The van der Waals surface area contributed by atoms with E-state index in [0.717, 1.165) is 36.2 Å². The number of aromatic nitrogens is 3. The van der Waals surface area contributed by atoms with E-state index < -0.39 is 0 Å². The average molecular weight is 293 g/mol. The predicted molar refractivity (Wildman–Crippen MR) is 81.2 cm³/mol. The van der Waals surface area contributed by atoms with Crippen LogP contribution in [0.15, 0.2) is 17.6 Å². The van der Waals surface area contributed by atoms with Crippen LogP contribution in [0.25, 0.3) is 0 Å². The maximum Gasteiger partial charge on any atom is 0.158 e. The van der Waals surface area contributed by atoms with Crippen LogP contribution in [0.1, 0.15) is 17.8 Å². The van der Waals surface area contributed by atoms with Crippen LogP contribution < -0.4 is 10.6 Å². The molecule has 0 aliphatic heterocycles. The molecule has 0 fully saturated rings. The first-order valence-corrected chi connectivity index (χ1v) is 7.42. The zero-order valence-corrected chi connectivity index (χ0v) is 12.5. The summed E-state index contributed by atoms with van der Waals surface area (Å²) in [5, 5.41) is 9.60. The molecule has 0 saturated heterocycles. The van der Waals surface area contributed by atoms with Crippen molar-refractivity contribution in [3.63, 3.8) is 0 Å². The Balaban J connectivity index is 1.97. The SMILES string of the molecule is CCNc1cc(NCCc2nccs2)nc(COC)n1. The van der Waals surface area contributed by atoms with E-state index in [-0.39, 0.29) is 0 Å². The Bertz CT molecular complexity index is 493. The van der Waals surface area contributed by atoms with Crippen molar-refractivity contribution in [1.29, 1.82) is 0 Å². The van der Waals surface area contributed by atoms with Gasteiger partial charge in [-0.1, -0.05) is 0 Å². The molecule has 6 nitrogen and oxygen atoms in total. The molecule has 2 aromatic heterocycles. The molecule has 0 atom stereocenters. The molecule has 0 aliphatic rings. The fraction of sp³-hybridized carbons (Fsp3) is 0.462. The van der Waals surface area contributed by atoms with Crippen LogP contribution in [-0.4, -0.2) is 35.2 Å². The maximum atomic E-state index is 5.09. The van der Waals surface area contributed by atoms with Gasteiger partial charge in [0.15, 0.2) is 5.82 Å². The fourth-order valence-electron chi connectivity index (χ4n) is 1.73. The quantitative estimate of drug-likeness (QED) is 0.777. The molecule has 0 radical (unpaired) electrons. The van der Waals surface area contributed by atoms with Crippen molar-refractivity contribution in [2.75, 3.05) is 30.8 Å². The van der Waals surface area contributed by atoms with E-state index in [2.05, 4.69) is 25.6 Å². The largest absolute Gasteiger partial charge is 0.377 e. The number of nitrogens with zero attached hydrogens (tertiary/aromatic N) is 3. The normalized spacial score (nSPS) is 10.5. The van der Waals surface area contributed by atoms with Crippen molar-refractivity contribution in [2.45, 2.75) is 20.0 Å². The van der Waals surface area contributed by atoms with Crippen molar-refractivity contribution in [2.24, 2.45) is 0 Å². The summed E-state index contributed by atoms with van der Waals surface area (Å²) in [4.78, 5) is 13.0. The average Bonchev–Trinajstić information content (AvgIpc) is 2.92. The third-order valence-electron chi connectivity index (χ3n) is 2.53. The molecule has 0 spiro atoms. The molecule has 108 valence electrons. The van der Waals surface area contributed by atoms with E-state index >= 15 is 0 Å². The summed E-state index contributed by atoms with van der Waals surface area (Å²) in [6.07, 6.45) is 2.71. The molecule has 20 heavy (non-hydrogen) atoms. The highest BCUT2D eigenvalue weighted by Crippen LogP contribution is 2.12. The van der Waals surface area contributed by atoms with E-state index in [1.54, 1.807) is 18.4 Å². The minimum atomic E-state index is 0.403. The van der Waals surface area contributed by atoms with Gasteiger partial charge < -0.3 is 15.4 Å². The molecule has 0 amide bonds. The lowest BCUT2D eigenvalue weighted by Crippen LogP contribution is -2.10. The molecule has 2 rings (SSSR count). The van der Waals surface area contributed by atoms with Gasteiger partial charge in [-0.05, 0) is 6.92 Å². The van der Waals surface area contributed by atoms with Crippen molar-refractivity contribution in [1.82, 2.24) is 15.0 Å². The number of rotatable bonds is 8. The van der Waals surface area contributed by atoms with Crippen LogP contribution in [0.4, 0.5) is 11.6 Å². The van der Waals surface area contributed by atoms with Crippen LogP contribution in [0, 0.1) is 0 Å². The number of ether oxygens (including phenoxy) is 1. The fourth-order valence-corrected chi connectivity index (χ4v) is 2.35. The molecule has 0 saturated carbocycles. The van der Waals surface area contributed by atoms with E-state index in [9.17, 15) is 0 Å². The van der Waals surface area contributed by atoms with Gasteiger partial charge in [0.25, 0.3) is 0 Å².